The molecular formula is C24H22O3. The Balaban J connectivity index is 1.86. The summed E-state index contributed by atoms with van der Waals surface area (Å²) in [5.74, 6) is 0.389. The van der Waals surface area contributed by atoms with Crippen LogP contribution in [0.3, 0.4) is 0 Å². The van der Waals surface area contributed by atoms with Crippen LogP contribution in [0.2, 0.25) is 0 Å². The third-order valence-electron chi connectivity index (χ3n) is 4.01. The van der Waals surface area contributed by atoms with Crippen LogP contribution < -0.4 is 4.74 Å². The maximum atomic E-state index is 12.1. The summed E-state index contributed by atoms with van der Waals surface area (Å²) < 4.78 is 11.1. The van der Waals surface area contributed by atoms with Gasteiger partial charge < -0.3 is 9.47 Å². The minimum absolute atomic E-state index is 0.332. The van der Waals surface area contributed by atoms with Gasteiger partial charge in [0.25, 0.3) is 0 Å². The maximum Gasteiger partial charge on any atom is 0.338 e. The van der Waals surface area contributed by atoms with Crippen molar-refractivity contribution < 1.29 is 14.3 Å². The molecule has 27 heavy (non-hydrogen) atoms. The third kappa shape index (κ3) is 5.32. The van der Waals surface area contributed by atoms with Crippen LogP contribution in [0.1, 0.15) is 34.0 Å². The van der Waals surface area contributed by atoms with Crippen molar-refractivity contribution >= 4 is 18.1 Å². The second-order valence-electron chi connectivity index (χ2n) is 5.99. The summed E-state index contributed by atoms with van der Waals surface area (Å²) in [6, 6.07) is 25.3. The van der Waals surface area contributed by atoms with Crippen LogP contribution in [0.4, 0.5) is 0 Å². The Morgan fingerprint density at radius 3 is 2.30 bits per heavy atom. The second-order valence-corrected chi connectivity index (χ2v) is 5.99. The Hall–Kier alpha value is -3.33. The number of hydrogen-bond donors (Lipinski definition) is 0. The van der Waals surface area contributed by atoms with E-state index in [0.29, 0.717) is 18.8 Å². The van der Waals surface area contributed by atoms with Crippen molar-refractivity contribution in [1.82, 2.24) is 0 Å². The van der Waals surface area contributed by atoms with Gasteiger partial charge in [-0.25, -0.2) is 4.79 Å². The van der Waals surface area contributed by atoms with E-state index in [2.05, 4.69) is 0 Å². The molecule has 0 fully saturated rings. The Labute approximate surface area is 159 Å². The highest BCUT2D eigenvalue weighted by molar-refractivity contribution is 5.91. The lowest BCUT2D eigenvalue weighted by molar-refractivity contribution is 0.0526. The molecule has 0 amide bonds. The first-order valence-corrected chi connectivity index (χ1v) is 8.97. The molecule has 136 valence electrons. The SMILES string of the molecule is CCOC(=O)c1ccc(OCc2ccccc2)c(C=Cc2ccccc2)c1. The Morgan fingerprint density at radius 1 is 0.889 bits per heavy atom. The molecule has 0 spiro atoms. The van der Waals surface area contributed by atoms with E-state index in [-0.39, 0.29) is 5.97 Å². The van der Waals surface area contributed by atoms with E-state index in [0.717, 1.165) is 22.4 Å². The molecule has 0 aliphatic carbocycles. The van der Waals surface area contributed by atoms with Crippen LogP contribution >= 0.6 is 0 Å². The normalized spacial score (nSPS) is 10.7. The molecule has 0 saturated heterocycles. The van der Waals surface area contributed by atoms with Gasteiger partial charge in [0.1, 0.15) is 12.4 Å². The predicted molar refractivity (Wildman–Crippen MR) is 109 cm³/mol. The standard InChI is InChI=1S/C24H22O3/c1-2-26-24(25)22-15-16-23(27-18-20-11-7-4-8-12-20)21(17-22)14-13-19-9-5-3-6-10-19/h3-17H,2,18H2,1H3. The van der Waals surface area contributed by atoms with Gasteiger partial charge >= 0.3 is 5.97 Å². The van der Waals surface area contributed by atoms with Crippen molar-refractivity contribution in [2.45, 2.75) is 13.5 Å². The highest BCUT2D eigenvalue weighted by atomic mass is 16.5. The largest absolute Gasteiger partial charge is 0.488 e. The summed E-state index contributed by atoms with van der Waals surface area (Å²) in [5, 5.41) is 0. The lowest BCUT2D eigenvalue weighted by atomic mass is 10.1. The van der Waals surface area contributed by atoms with Gasteiger partial charge in [-0.05, 0) is 36.2 Å². The Kier molecular flexibility index (Phi) is 6.42. The van der Waals surface area contributed by atoms with E-state index in [1.54, 1.807) is 19.1 Å². The molecule has 0 atom stereocenters. The van der Waals surface area contributed by atoms with E-state index < -0.39 is 0 Å². The fourth-order valence-electron chi connectivity index (χ4n) is 2.64. The van der Waals surface area contributed by atoms with Crippen molar-refractivity contribution in [2.24, 2.45) is 0 Å². The van der Waals surface area contributed by atoms with Gasteiger partial charge in [0, 0.05) is 5.56 Å². The first-order valence-electron chi connectivity index (χ1n) is 8.97. The fraction of sp³-hybridized carbons (Fsp3) is 0.125. The number of hydrogen-bond acceptors (Lipinski definition) is 3. The molecule has 0 radical (unpaired) electrons. The topological polar surface area (TPSA) is 35.5 Å². The minimum Gasteiger partial charge on any atom is -0.488 e. The Morgan fingerprint density at radius 2 is 1.59 bits per heavy atom. The number of carbonyl (C=O) groups is 1. The van der Waals surface area contributed by atoms with Crippen LogP contribution in [0, 0.1) is 0 Å². The molecule has 3 nitrogen and oxygen atoms in total. The number of esters is 1. The van der Waals surface area contributed by atoms with Gasteiger partial charge in [0.05, 0.1) is 12.2 Å². The summed E-state index contributed by atoms with van der Waals surface area (Å²) in [6.07, 6.45) is 3.96. The summed E-state index contributed by atoms with van der Waals surface area (Å²) in [4.78, 5) is 12.1. The van der Waals surface area contributed by atoms with Crippen molar-refractivity contribution in [3.63, 3.8) is 0 Å². The van der Waals surface area contributed by atoms with Gasteiger partial charge in [-0.15, -0.1) is 0 Å². The zero-order valence-corrected chi connectivity index (χ0v) is 15.3. The monoisotopic (exact) mass is 358 g/mol. The Bertz CT molecular complexity index is 899. The molecule has 0 aliphatic heterocycles. The number of benzene rings is 3. The summed E-state index contributed by atoms with van der Waals surface area (Å²) in [7, 11) is 0. The quantitative estimate of drug-likeness (QED) is 0.407. The smallest absolute Gasteiger partial charge is 0.338 e. The average Bonchev–Trinajstić information content (AvgIpc) is 2.72. The fourth-order valence-corrected chi connectivity index (χ4v) is 2.64. The average molecular weight is 358 g/mol. The van der Waals surface area contributed by atoms with Crippen LogP contribution in [-0.2, 0) is 11.3 Å². The van der Waals surface area contributed by atoms with Crippen molar-refractivity contribution in [3.05, 3.63) is 101 Å². The number of carbonyl (C=O) groups excluding carboxylic acids is 1. The zero-order valence-electron chi connectivity index (χ0n) is 15.3. The van der Waals surface area contributed by atoms with Crippen LogP contribution in [0.15, 0.2) is 78.9 Å². The maximum absolute atomic E-state index is 12.1. The molecule has 0 aromatic heterocycles. The van der Waals surface area contributed by atoms with E-state index in [1.165, 1.54) is 0 Å². The van der Waals surface area contributed by atoms with Gasteiger partial charge in [0.15, 0.2) is 0 Å². The molecular weight excluding hydrogens is 336 g/mol. The summed E-state index contributed by atoms with van der Waals surface area (Å²) in [6.45, 7) is 2.61. The highest BCUT2D eigenvalue weighted by Gasteiger charge is 2.10. The third-order valence-corrected chi connectivity index (χ3v) is 4.01. The molecule has 3 rings (SSSR count). The van der Waals surface area contributed by atoms with E-state index in [9.17, 15) is 4.79 Å². The minimum atomic E-state index is -0.332. The predicted octanol–water partition coefficient (Wildman–Crippen LogP) is 5.61. The van der Waals surface area contributed by atoms with E-state index in [4.69, 9.17) is 9.47 Å². The summed E-state index contributed by atoms with van der Waals surface area (Å²) in [5.41, 5.74) is 3.51. The lowest BCUT2D eigenvalue weighted by Crippen LogP contribution is -2.05. The molecule has 0 bridgehead atoms. The van der Waals surface area contributed by atoms with E-state index >= 15 is 0 Å². The molecule has 0 aliphatic rings. The van der Waals surface area contributed by atoms with Gasteiger partial charge in [0.2, 0.25) is 0 Å². The molecule has 3 aromatic rings. The van der Waals surface area contributed by atoms with Crippen molar-refractivity contribution in [3.8, 4) is 5.75 Å². The van der Waals surface area contributed by atoms with Crippen LogP contribution in [0.5, 0.6) is 5.75 Å². The lowest BCUT2D eigenvalue weighted by Gasteiger charge is -2.11. The van der Waals surface area contributed by atoms with Gasteiger partial charge in [-0.2, -0.15) is 0 Å². The molecule has 3 aromatic carbocycles. The van der Waals surface area contributed by atoms with Crippen LogP contribution in [-0.4, -0.2) is 12.6 Å². The first kappa shape index (κ1) is 18.5. The summed E-state index contributed by atoms with van der Waals surface area (Å²) >= 11 is 0. The second kappa shape index (κ2) is 9.39. The number of ether oxygens (including phenoxy) is 2. The van der Waals surface area contributed by atoms with Gasteiger partial charge in [-0.1, -0.05) is 72.8 Å². The molecule has 0 heterocycles. The van der Waals surface area contributed by atoms with Crippen molar-refractivity contribution in [2.75, 3.05) is 6.61 Å². The first-order chi connectivity index (χ1) is 13.3. The zero-order chi connectivity index (χ0) is 18.9. The highest BCUT2D eigenvalue weighted by Crippen LogP contribution is 2.24. The van der Waals surface area contributed by atoms with Crippen molar-refractivity contribution in [1.29, 1.82) is 0 Å². The molecule has 0 saturated carbocycles. The number of rotatable bonds is 7. The molecule has 0 N–H and O–H groups in total. The van der Waals surface area contributed by atoms with E-state index in [1.807, 2.05) is 78.9 Å². The molecule has 3 heteroatoms. The van der Waals surface area contributed by atoms with Crippen LogP contribution in [0.25, 0.3) is 12.2 Å². The molecule has 0 unspecified atom stereocenters. The van der Waals surface area contributed by atoms with Gasteiger partial charge in [-0.3, -0.25) is 0 Å².